The lowest BCUT2D eigenvalue weighted by Crippen LogP contribution is -2.30. The number of fused-ring (bicyclic) bond motifs is 16. The molecule has 0 atom stereocenters. The molecule has 18 aromatic carbocycles. The van der Waals surface area contributed by atoms with Crippen molar-refractivity contribution in [2.24, 2.45) is 0 Å². The minimum Gasteiger partial charge on any atom is -0.344 e. The Balaban J connectivity index is 0.000000140. The second-order valence-electron chi connectivity index (χ2n) is 32.7. The molecule has 0 aromatic heterocycles. The third-order valence-electron chi connectivity index (χ3n) is 25.7. The van der Waals surface area contributed by atoms with Crippen LogP contribution in [-0.4, -0.2) is 14.1 Å². The monoisotopic (exact) mass is 1410 g/mol. The molecule has 2 heteroatoms. The fourth-order valence-electron chi connectivity index (χ4n) is 20.2. The summed E-state index contributed by atoms with van der Waals surface area (Å²) >= 11 is 0. The van der Waals surface area contributed by atoms with E-state index in [1.54, 1.807) is 0 Å². The summed E-state index contributed by atoms with van der Waals surface area (Å²) < 4.78 is 0. The Bertz CT molecular complexity index is 6950. The van der Waals surface area contributed by atoms with Gasteiger partial charge in [-0.1, -0.05) is 333 Å². The van der Waals surface area contributed by atoms with Gasteiger partial charge >= 0.3 is 0 Å². The van der Waals surface area contributed by atoms with E-state index < -0.39 is 0 Å². The van der Waals surface area contributed by atoms with Crippen LogP contribution in [0.2, 0.25) is 0 Å². The highest BCUT2D eigenvalue weighted by Crippen LogP contribution is 2.57. The Morgan fingerprint density at radius 2 is 0.518 bits per heavy atom. The summed E-state index contributed by atoms with van der Waals surface area (Å²) in [5.74, 6) is 0. The average molecular weight is 1410 g/mol. The number of rotatable bonds is 6. The van der Waals surface area contributed by atoms with Crippen LogP contribution in [0.4, 0.5) is 22.7 Å². The van der Waals surface area contributed by atoms with Gasteiger partial charge in [-0.15, -0.1) is 0 Å². The molecule has 0 N–H and O–H groups in total. The Morgan fingerprint density at radius 3 is 1.04 bits per heavy atom. The van der Waals surface area contributed by atoms with E-state index in [1.807, 2.05) is 0 Å². The Hall–Kier alpha value is -12.9. The first-order valence-corrected chi connectivity index (χ1v) is 39.0. The molecule has 2 heterocycles. The Kier molecular flexibility index (Phi) is 14.6. The molecule has 2 aliphatic heterocycles. The van der Waals surface area contributed by atoms with Gasteiger partial charge in [0.1, 0.15) is 0 Å². The van der Waals surface area contributed by atoms with Crippen LogP contribution >= 0.6 is 0 Å². The van der Waals surface area contributed by atoms with E-state index in [9.17, 15) is 0 Å². The van der Waals surface area contributed by atoms with E-state index in [0.717, 1.165) is 6.42 Å². The van der Waals surface area contributed by atoms with Crippen LogP contribution < -0.4 is 9.80 Å². The lowest BCUT2D eigenvalue weighted by Gasteiger charge is -2.40. The molecule has 2 aliphatic carbocycles. The molecule has 2 nitrogen and oxygen atoms in total. The molecule has 22 rings (SSSR count). The second kappa shape index (κ2) is 24.6. The predicted molar refractivity (Wildman–Crippen MR) is 470 cm³/mol. The highest BCUT2D eigenvalue weighted by Gasteiger charge is 2.39. The van der Waals surface area contributed by atoms with Crippen molar-refractivity contribution in [1.29, 1.82) is 0 Å². The summed E-state index contributed by atoms with van der Waals surface area (Å²) in [4.78, 5) is 4.76. The van der Waals surface area contributed by atoms with Gasteiger partial charge in [-0.05, 0) is 247 Å². The topological polar surface area (TPSA) is 6.48 Å². The van der Waals surface area contributed by atoms with Crippen LogP contribution in [0.25, 0.3) is 154 Å². The third kappa shape index (κ3) is 9.81. The fraction of sp³-hybridized carbons (Fsp3) is 0.111. The molecular weight excluding hydrogens is 1330 g/mol. The van der Waals surface area contributed by atoms with E-state index in [1.165, 1.54) is 221 Å². The zero-order valence-corrected chi connectivity index (χ0v) is 63.4. The normalized spacial score (nSPS) is 14.3. The van der Waals surface area contributed by atoms with Gasteiger partial charge < -0.3 is 9.80 Å². The average Bonchev–Trinajstić information content (AvgIpc) is 0.872. The maximum absolute atomic E-state index is 2.47. The van der Waals surface area contributed by atoms with Gasteiger partial charge in [-0.3, -0.25) is 0 Å². The SMILES string of the molecule is CN1c2ccccc2C(C)(C)c2ccc(-c3c4ccccc4c(-c4ccc5c(c4)-c4ccccc4C5(C)C)c4cc(-c5cccc6ccccc56)ccc34)cc21.CN1c2ccccc2Cc2ccc(-c3c4ccccc4c(-c4ccc5c(c4)-c4ccccc4C5(C)C)c4cc(-c5cccc6ccccc56)ccc34)cc21. The van der Waals surface area contributed by atoms with E-state index in [0.29, 0.717) is 0 Å². The smallest absolute Gasteiger partial charge is 0.0455 e. The molecule has 110 heavy (non-hydrogen) atoms. The molecule has 18 aromatic rings. The molecule has 0 spiro atoms. The lowest BCUT2D eigenvalue weighted by molar-refractivity contribution is 0.629. The first-order chi connectivity index (χ1) is 53.7. The van der Waals surface area contributed by atoms with E-state index in [4.69, 9.17) is 0 Å². The summed E-state index contributed by atoms with van der Waals surface area (Å²) in [6.07, 6.45) is 0.948. The molecule has 4 aliphatic rings. The van der Waals surface area contributed by atoms with E-state index >= 15 is 0 Å². The molecule has 0 bridgehead atoms. The van der Waals surface area contributed by atoms with Crippen molar-refractivity contribution in [1.82, 2.24) is 0 Å². The summed E-state index contributed by atoms with van der Waals surface area (Å²) in [5, 5.41) is 15.2. The fourth-order valence-corrected chi connectivity index (χ4v) is 20.2. The van der Waals surface area contributed by atoms with Crippen molar-refractivity contribution >= 4 is 87.4 Å². The zero-order valence-electron chi connectivity index (χ0n) is 63.4. The van der Waals surface area contributed by atoms with Crippen molar-refractivity contribution < 1.29 is 0 Å². The summed E-state index contributed by atoms with van der Waals surface area (Å²) in [6.45, 7) is 14.2. The van der Waals surface area contributed by atoms with E-state index in [2.05, 4.69) is 405 Å². The maximum atomic E-state index is 2.47. The molecule has 0 fully saturated rings. The molecule has 0 amide bonds. The highest BCUT2D eigenvalue weighted by molar-refractivity contribution is 6.24. The van der Waals surface area contributed by atoms with Gasteiger partial charge in [0, 0.05) is 59.5 Å². The molecular formula is C108H82N2. The van der Waals surface area contributed by atoms with Gasteiger partial charge in [0.25, 0.3) is 0 Å². The van der Waals surface area contributed by atoms with Crippen molar-refractivity contribution in [2.45, 2.75) is 64.2 Å². The van der Waals surface area contributed by atoms with Gasteiger partial charge in [-0.25, -0.2) is 0 Å². The molecule has 524 valence electrons. The quantitative estimate of drug-likeness (QED) is 0.153. The van der Waals surface area contributed by atoms with Crippen molar-refractivity contribution in [3.63, 3.8) is 0 Å². The lowest BCUT2D eigenvalue weighted by atomic mass is 9.73. The minimum atomic E-state index is -0.112. The van der Waals surface area contributed by atoms with Gasteiger partial charge in [0.15, 0.2) is 0 Å². The highest BCUT2D eigenvalue weighted by atomic mass is 15.1. The van der Waals surface area contributed by atoms with Crippen molar-refractivity contribution in [3.05, 3.63) is 384 Å². The second-order valence-corrected chi connectivity index (χ2v) is 32.7. The molecule has 0 unspecified atom stereocenters. The number of nitrogens with zero attached hydrogens (tertiary/aromatic N) is 2. The van der Waals surface area contributed by atoms with Crippen LogP contribution in [0.15, 0.2) is 340 Å². The Morgan fingerprint density at radius 1 is 0.200 bits per heavy atom. The first-order valence-electron chi connectivity index (χ1n) is 39.0. The maximum Gasteiger partial charge on any atom is 0.0455 e. The largest absolute Gasteiger partial charge is 0.344 e. The predicted octanol–water partition coefficient (Wildman–Crippen LogP) is 29.0. The zero-order chi connectivity index (χ0) is 74.1. The van der Waals surface area contributed by atoms with Crippen LogP contribution in [0.1, 0.15) is 86.1 Å². The summed E-state index contributed by atoms with van der Waals surface area (Å²) in [6, 6.07) is 128. The van der Waals surface area contributed by atoms with Gasteiger partial charge in [0.05, 0.1) is 0 Å². The summed E-state index contributed by atoms with van der Waals surface area (Å²) in [7, 11) is 4.43. The number of anilines is 4. The molecule has 0 saturated heterocycles. The third-order valence-corrected chi connectivity index (χ3v) is 25.7. The molecule has 0 saturated carbocycles. The van der Waals surface area contributed by atoms with Crippen LogP contribution in [-0.2, 0) is 22.7 Å². The minimum absolute atomic E-state index is 0.0416. The summed E-state index contributed by atoms with van der Waals surface area (Å²) in [5.41, 5.74) is 36.5. The van der Waals surface area contributed by atoms with Crippen molar-refractivity contribution in [2.75, 3.05) is 23.9 Å². The number of para-hydroxylation sites is 2. The van der Waals surface area contributed by atoms with Gasteiger partial charge in [-0.2, -0.15) is 0 Å². The Labute approximate surface area is 644 Å². The van der Waals surface area contributed by atoms with E-state index in [-0.39, 0.29) is 16.2 Å². The van der Waals surface area contributed by atoms with Gasteiger partial charge in [0.2, 0.25) is 0 Å². The van der Waals surface area contributed by atoms with Crippen LogP contribution in [0, 0.1) is 0 Å². The van der Waals surface area contributed by atoms with Crippen LogP contribution in [0.5, 0.6) is 0 Å². The van der Waals surface area contributed by atoms with Crippen molar-refractivity contribution in [3.8, 4) is 89.0 Å². The number of benzene rings is 18. The standard InChI is InChI=1S/C55H43N.C53H39N/c1-54(2)46-22-11-10-18-40(46)44-32-36(26-29-47(44)54)53-42-20-9-8-19-41(42)52(37-27-30-49-51(33-37)56(5)50-24-13-12-23-48(50)55(49,3)4)43-28-25-35(31-45(43)53)39-21-14-16-34-15-6-7-17-38(34)39;1-53(2)47-21-10-9-17-41(47)45-31-37(26-28-48(45)53)52-43-19-8-7-18-42(43)51(38-24-23-36-29-35-14-5-11-22-49(35)54(3)50(36)32-38)44-27-25-34(30-46(44)52)40-20-12-15-33-13-4-6-16-39(33)40/h6-33H,1-5H3;4-28,30-32H,29H2,1-3H3. The first kappa shape index (κ1) is 65.4. The molecule has 0 radical (unpaired) electrons. The number of hydrogen-bond donors (Lipinski definition) is 0. The number of hydrogen-bond acceptors (Lipinski definition) is 2. The van der Waals surface area contributed by atoms with Crippen LogP contribution in [0.3, 0.4) is 0 Å².